The minimum atomic E-state index is 0.211. The van der Waals surface area contributed by atoms with Gasteiger partial charge in [0.2, 0.25) is 0 Å². The van der Waals surface area contributed by atoms with E-state index in [4.69, 9.17) is 16.3 Å². The van der Waals surface area contributed by atoms with E-state index in [9.17, 15) is 0 Å². The van der Waals surface area contributed by atoms with Gasteiger partial charge in [-0.1, -0.05) is 0 Å². The lowest BCUT2D eigenvalue weighted by Gasteiger charge is -2.23. The first-order valence-electron chi connectivity index (χ1n) is 4.49. The Balaban J connectivity index is 2.06. The van der Waals surface area contributed by atoms with Crippen molar-refractivity contribution in [3.05, 3.63) is 22.4 Å². The Kier molecular flexibility index (Phi) is 2.92. The first-order chi connectivity index (χ1) is 6.35. The minimum Gasteiger partial charge on any atom is -0.381 e. The summed E-state index contributed by atoms with van der Waals surface area (Å²) in [6.07, 6.45) is 2.17. The lowest BCUT2D eigenvalue weighted by molar-refractivity contribution is 0.161. The van der Waals surface area contributed by atoms with Crippen molar-refractivity contribution in [2.75, 3.05) is 19.1 Å². The normalized spacial score (nSPS) is 28.1. The molecule has 1 aliphatic rings. The molecule has 1 aliphatic heterocycles. The second kappa shape index (κ2) is 3.99. The van der Waals surface area contributed by atoms with Crippen molar-refractivity contribution in [3.8, 4) is 0 Å². The van der Waals surface area contributed by atoms with E-state index in [0.717, 1.165) is 26.1 Å². The molecule has 0 radical (unpaired) electrons. The fourth-order valence-corrected chi connectivity index (χ4v) is 2.74. The van der Waals surface area contributed by atoms with Gasteiger partial charge in [-0.15, -0.1) is 11.6 Å². The van der Waals surface area contributed by atoms with Crippen LogP contribution < -0.4 is 0 Å². The maximum Gasteiger partial charge on any atom is 0.0537 e. The van der Waals surface area contributed by atoms with Crippen LogP contribution in [0.3, 0.4) is 0 Å². The van der Waals surface area contributed by atoms with E-state index in [2.05, 4.69) is 16.8 Å². The van der Waals surface area contributed by atoms with Crippen LogP contribution in [0.25, 0.3) is 0 Å². The van der Waals surface area contributed by atoms with Crippen molar-refractivity contribution in [2.24, 2.45) is 5.41 Å². The van der Waals surface area contributed by atoms with Crippen molar-refractivity contribution in [2.45, 2.75) is 12.8 Å². The molecule has 1 aromatic rings. The number of halogens is 1. The third-order valence-electron chi connectivity index (χ3n) is 2.63. The van der Waals surface area contributed by atoms with Gasteiger partial charge in [-0.05, 0) is 35.2 Å². The number of hydrogen-bond acceptors (Lipinski definition) is 2. The lowest BCUT2D eigenvalue weighted by atomic mass is 9.84. The van der Waals surface area contributed by atoms with Gasteiger partial charge in [0.15, 0.2) is 0 Å². The van der Waals surface area contributed by atoms with Gasteiger partial charge in [-0.2, -0.15) is 11.3 Å². The Labute approximate surface area is 87.7 Å². The quantitative estimate of drug-likeness (QED) is 0.706. The molecule has 0 N–H and O–H groups in total. The van der Waals surface area contributed by atoms with Gasteiger partial charge in [0.05, 0.1) is 6.61 Å². The Morgan fingerprint density at radius 1 is 1.62 bits per heavy atom. The third-order valence-corrected chi connectivity index (χ3v) is 3.93. The van der Waals surface area contributed by atoms with Crippen LogP contribution in [0.5, 0.6) is 0 Å². The summed E-state index contributed by atoms with van der Waals surface area (Å²) in [7, 11) is 0. The Hall–Kier alpha value is -0.0500. The van der Waals surface area contributed by atoms with Gasteiger partial charge in [0.25, 0.3) is 0 Å². The zero-order valence-electron chi connectivity index (χ0n) is 7.46. The summed E-state index contributed by atoms with van der Waals surface area (Å²) < 4.78 is 5.42. The number of alkyl halides is 1. The predicted molar refractivity (Wildman–Crippen MR) is 56.6 cm³/mol. The van der Waals surface area contributed by atoms with Gasteiger partial charge in [-0.25, -0.2) is 0 Å². The second-order valence-electron chi connectivity index (χ2n) is 3.74. The number of thiophene rings is 1. The smallest absolute Gasteiger partial charge is 0.0537 e. The molecule has 3 heteroatoms. The molecule has 0 saturated carbocycles. The van der Waals surface area contributed by atoms with Crippen LogP contribution in [0.4, 0.5) is 0 Å². The monoisotopic (exact) mass is 216 g/mol. The molecule has 13 heavy (non-hydrogen) atoms. The number of ether oxygens (including phenoxy) is 1. The summed E-state index contributed by atoms with van der Waals surface area (Å²) in [4.78, 5) is 0. The molecule has 1 aromatic heterocycles. The summed E-state index contributed by atoms with van der Waals surface area (Å²) in [5, 5.41) is 4.32. The highest BCUT2D eigenvalue weighted by atomic mass is 35.5. The third kappa shape index (κ3) is 2.06. The molecular formula is C10H13ClOS. The van der Waals surface area contributed by atoms with Crippen LogP contribution in [0.1, 0.15) is 12.0 Å². The predicted octanol–water partition coefficient (Wildman–Crippen LogP) is 2.94. The van der Waals surface area contributed by atoms with E-state index in [0.29, 0.717) is 5.88 Å². The summed E-state index contributed by atoms with van der Waals surface area (Å²) in [6, 6.07) is 2.18. The summed E-state index contributed by atoms with van der Waals surface area (Å²) in [5.74, 6) is 0.711. The Morgan fingerprint density at radius 3 is 3.08 bits per heavy atom. The standard InChI is InChI=1S/C10H13ClOS/c11-7-10(2-3-12-8-10)5-9-1-4-13-6-9/h1,4,6H,2-3,5,7-8H2. The first kappa shape index (κ1) is 9.50. The fraction of sp³-hybridized carbons (Fsp3) is 0.600. The van der Waals surface area contributed by atoms with E-state index in [1.807, 2.05) is 0 Å². The van der Waals surface area contributed by atoms with E-state index in [1.165, 1.54) is 5.56 Å². The summed E-state index contributed by atoms with van der Waals surface area (Å²) in [5.41, 5.74) is 1.61. The van der Waals surface area contributed by atoms with Crippen LogP contribution in [0.2, 0.25) is 0 Å². The zero-order chi connectivity index (χ0) is 9.15. The Morgan fingerprint density at radius 2 is 2.54 bits per heavy atom. The van der Waals surface area contributed by atoms with Crippen LogP contribution in [-0.2, 0) is 11.2 Å². The average molecular weight is 217 g/mol. The van der Waals surface area contributed by atoms with Gasteiger partial charge in [-0.3, -0.25) is 0 Å². The molecule has 72 valence electrons. The van der Waals surface area contributed by atoms with Gasteiger partial charge >= 0.3 is 0 Å². The molecule has 2 rings (SSSR count). The second-order valence-corrected chi connectivity index (χ2v) is 4.79. The highest BCUT2D eigenvalue weighted by Crippen LogP contribution is 2.34. The molecule has 0 amide bonds. The number of hydrogen-bond donors (Lipinski definition) is 0. The first-order valence-corrected chi connectivity index (χ1v) is 5.97. The van der Waals surface area contributed by atoms with Crippen LogP contribution >= 0.6 is 22.9 Å². The molecule has 0 aromatic carbocycles. The maximum atomic E-state index is 6.00. The minimum absolute atomic E-state index is 0.211. The van der Waals surface area contributed by atoms with Crippen molar-refractivity contribution < 1.29 is 4.74 Å². The molecule has 0 bridgehead atoms. The molecule has 1 saturated heterocycles. The molecule has 2 heterocycles. The molecular weight excluding hydrogens is 204 g/mol. The van der Waals surface area contributed by atoms with Crippen molar-refractivity contribution in [1.82, 2.24) is 0 Å². The molecule has 1 fully saturated rings. The Bertz CT molecular complexity index is 252. The van der Waals surface area contributed by atoms with Gasteiger partial charge in [0.1, 0.15) is 0 Å². The van der Waals surface area contributed by atoms with E-state index >= 15 is 0 Å². The topological polar surface area (TPSA) is 9.23 Å². The van der Waals surface area contributed by atoms with E-state index in [-0.39, 0.29) is 5.41 Å². The fourth-order valence-electron chi connectivity index (χ4n) is 1.77. The highest BCUT2D eigenvalue weighted by molar-refractivity contribution is 7.07. The largest absolute Gasteiger partial charge is 0.381 e. The van der Waals surface area contributed by atoms with Crippen LogP contribution in [-0.4, -0.2) is 19.1 Å². The summed E-state index contributed by atoms with van der Waals surface area (Å²) in [6.45, 7) is 1.70. The maximum absolute atomic E-state index is 6.00. The molecule has 0 spiro atoms. The average Bonchev–Trinajstić information content (AvgIpc) is 2.77. The van der Waals surface area contributed by atoms with E-state index < -0.39 is 0 Å². The molecule has 0 aliphatic carbocycles. The van der Waals surface area contributed by atoms with Crippen molar-refractivity contribution in [1.29, 1.82) is 0 Å². The summed E-state index contributed by atoms with van der Waals surface area (Å²) >= 11 is 7.75. The van der Waals surface area contributed by atoms with Gasteiger partial charge < -0.3 is 4.74 Å². The molecule has 1 nitrogen and oxygen atoms in total. The number of rotatable bonds is 3. The van der Waals surface area contributed by atoms with E-state index in [1.54, 1.807) is 11.3 Å². The van der Waals surface area contributed by atoms with Crippen LogP contribution in [0, 0.1) is 5.41 Å². The lowest BCUT2D eigenvalue weighted by Crippen LogP contribution is -2.25. The van der Waals surface area contributed by atoms with Crippen LogP contribution in [0.15, 0.2) is 16.8 Å². The van der Waals surface area contributed by atoms with Gasteiger partial charge in [0, 0.05) is 17.9 Å². The zero-order valence-corrected chi connectivity index (χ0v) is 9.03. The molecule has 1 atom stereocenters. The highest BCUT2D eigenvalue weighted by Gasteiger charge is 2.34. The molecule has 1 unspecified atom stereocenters. The van der Waals surface area contributed by atoms with Crippen molar-refractivity contribution >= 4 is 22.9 Å². The van der Waals surface area contributed by atoms with Crippen molar-refractivity contribution in [3.63, 3.8) is 0 Å². The SMILES string of the molecule is ClCC1(Cc2ccsc2)CCOC1.